The van der Waals surface area contributed by atoms with Crippen molar-refractivity contribution in [3.63, 3.8) is 0 Å². The monoisotopic (exact) mass is 667 g/mol. The van der Waals surface area contributed by atoms with Crippen molar-refractivity contribution in [2.75, 3.05) is 37.7 Å². The van der Waals surface area contributed by atoms with Crippen molar-refractivity contribution in [1.82, 2.24) is 9.47 Å². The third kappa shape index (κ3) is 5.61. The largest absolute Gasteiger partial charge is 0.465 e. The van der Waals surface area contributed by atoms with Crippen molar-refractivity contribution in [1.29, 1.82) is 0 Å². The van der Waals surface area contributed by atoms with Crippen molar-refractivity contribution < 1.29 is 27.5 Å². The first kappa shape index (κ1) is 30.8. The van der Waals surface area contributed by atoms with Crippen molar-refractivity contribution in [2.45, 2.75) is 17.0 Å². The molecule has 1 aromatic heterocycles. The molecule has 0 N–H and O–H groups in total. The van der Waals surface area contributed by atoms with Crippen LogP contribution in [0.2, 0.25) is 10.0 Å². The Morgan fingerprint density at radius 1 is 0.844 bits per heavy atom. The molecule has 13 heteroatoms. The average molecular weight is 669 g/mol. The van der Waals surface area contributed by atoms with Crippen LogP contribution in [-0.4, -0.2) is 63.2 Å². The van der Waals surface area contributed by atoms with E-state index in [1.807, 2.05) is 0 Å². The molecule has 0 bridgehead atoms. The highest BCUT2D eigenvalue weighted by Crippen LogP contribution is 2.49. The lowest BCUT2D eigenvalue weighted by Crippen LogP contribution is -2.43. The van der Waals surface area contributed by atoms with E-state index in [4.69, 9.17) is 32.7 Å². The second-order valence-corrected chi connectivity index (χ2v) is 13.2. The van der Waals surface area contributed by atoms with E-state index >= 15 is 0 Å². The molecule has 1 fully saturated rings. The lowest BCUT2D eigenvalue weighted by molar-refractivity contribution is 0.0301. The summed E-state index contributed by atoms with van der Waals surface area (Å²) in [7, 11) is -3.24. The van der Waals surface area contributed by atoms with Gasteiger partial charge in [0.1, 0.15) is 11.4 Å². The molecule has 0 spiro atoms. The molecule has 0 saturated carbocycles. The molecule has 45 heavy (non-hydrogen) atoms. The second-order valence-electron chi connectivity index (χ2n) is 10.5. The van der Waals surface area contributed by atoms with E-state index < -0.39 is 39.5 Å². The summed E-state index contributed by atoms with van der Waals surface area (Å²) in [6.45, 7) is 1.34. The standard InChI is InChI=1S/C32H27Cl2N3O7S/c1-43-32(40)22-3-2-4-25(19-22)45(41,42)37-27-14-13-26(30(38)35-15-17-44-18-16-35)31(39)36(27)28(20-5-9-23(33)10-6-20)29(37)21-7-11-24(34)12-8-21/h2-14,19,28-29H,15-18H2,1H3/t28-,29+/m0/s1. The fourth-order valence-corrected chi connectivity index (χ4v) is 7.70. The molecular formula is C32H27Cl2N3O7S. The number of morpholine rings is 1. The average Bonchev–Trinajstić information content (AvgIpc) is 3.42. The molecule has 1 amide bonds. The molecule has 0 radical (unpaired) electrons. The summed E-state index contributed by atoms with van der Waals surface area (Å²) in [6, 6.07) is 19.8. The molecule has 4 aromatic rings. The highest BCUT2D eigenvalue weighted by atomic mass is 35.5. The van der Waals surface area contributed by atoms with E-state index in [0.717, 1.165) is 4.31 Å². The van der Waals surface area contributed by atoms with Gasteiger partial charge in [-0.1, -0.05) is 53.5 Å². The van der Waals surface area contributed by atoms with Crippen molar-refractivity contribution in [3.8, 4) is 0 Å². The molecule has 0 aliphatic carbocycles. The zero-order valence-electron chi connectivity index (χ0n) is 23.9. The lowest BCUT2D eigenvalue weighted by Gasteiger charge is -2.29. The maximum atomic E-state index is 14.6. The van der Waals surface area contributed by atoms with Gasteiger partial charge < -0.3 is 14.4 Å². The van der Waals surface area contributed by atoms with Gasteiger partial charge in [0, 0.05) is 23.1 Å². The molecule has 3 heterocycles. The summed E-state index contributed by atoms with van der Waals surface area (Å²) in [4.78, 5) is 41.6. The van der Waals surface area contributed by atoms with Gasteiger partial charge >= 0.3 is 5.97 Å². The lowest BCUT2D eigenvalue weighted by atomic mass is 9.94. The van der Waals surface area contributed by atoms with Crippen molar-refractivity contribution in [3.05, 3.63) is 128 Å². The summed E-state index contributed by atoms with van der Waals surface area (Å²) < 4.78 is 42.0. The molecule has 1 saturated heterocycles. The molecule has 2 aliphatic heterocycles. The first-order valence-corrected chi connectivity index (χ1v) is 16.2. The molecular weight excluding hydrogens is 641 g/mol. The van der Waals surface area contributed by atoms with Crippen LogP contribution in [0.15, 0.2) is 94.6 Å². The van der Waals surface area contributed by atoms with Gasteiger partial charge in [0.15, 0.2) is 0 Å². The summed E-state index contributed by atoms with van der Waals surface area (Å²) in [5, 5.41) is 0.890. The van der Waals surface area contributed by atoms with Crippen LogP contribution in [-0.2, 0) is 19.5 Å². The Kier molecular flexibility index (Phi) is 8.45. The van der Waals surface area contributed by atoms with Crippen molar-refractivity contribution in [2.24, 2.45) is 0 Å². The van der Waals surface area contributed by atoms with Gasteiger partial charge in [0.05, 0.1) is 42.9 Å². The summed E-state index contributed by atoms with van der Waals surface area (Å²) in [5.74, 6) is -1.13. The number of carbonyl (C=O) groups excluding carboxylic acids is 2. The highest BCUT2D eigenvalue weighted by Gasteiger charge is 2.48. The minimum atomic E-state index is -4.45. The molecule has 6 rings (SSSR count). The minimum Gasteiger partial charge on any atom is -0.465 e. The van der Waals surface area contributed by atoms with Gasteiger partial charge in [0.25, 0.3) is 21.5 Å². The van der Waals surface area contributed by atoms with Gasteiger partial charge in [-0.15, -0.1) is 0 Å². The van der Waals surface area contributed by atoms with Crippen LogP contribution in [0.25, 0.3) is 0 Å². The van der Waals surface area contributed by atoms with Crippen LogP contribution >= 0.6 is 23.2 Å². The van der Waals surface area contributed by atoms with Crippen LogP contribution in [0, 0.1) is 0 Å². The van der Waals surface area contributed by atoms with E-state index in [0.29, 0.717) is 47.5 Å². The Hall–Kier alpha value is -4.16. The molecule has 3 aromatic carbocycles. The minimum absolute atomic E-state index is 0.0407. The zero-order valence-corrected chi connectivity index (χ0v) is 26.3. The molecule has 0 unspecified atom stereocenters. The van der Waals surface area contributed by atoms with Crippen LogP contribution in [0.3, 0.4) is 0 Å². The zero-order chi connectivity index (χ0) is 31.9. The number of sulfonamides is 1. The van der Waals surface area contributed by atoms with Crippen LogP contribution in [0.5, 0.6) is 0 Å². The van der Waals surface area contributed by atoms with E-state index in [1.54, 1.807) is 53.4 Å². The third-order valence-electron chi connectivity index (χ3n) is 7.91. The number of pyridine rings is 1. The number of methoxy groups -OCH3 is 1. The predicted octanol–water partition coefficient (Wildman–Crippen LogP) is 4.95. The number of rotatable bonds is 6. The van der Waals surface area contributed by atoms with Crippen LogP contribution < -0.4 is 9.86 Å². The normalized spacial score (nSPS) is 18.0. The number of benzene rings is 3. The first-order chi connectivity index (χ1) is 21.6. The highest BCUT2D eigenvalue weighted by molar-refractivity contribution is 7.92. The van der Waals surface area contributed by atoms with E-state index in [9.17, 15) is 22.8 Å². The first-order valence-electron chi connectivity index (χ1n) is 14.0. The Bertz CT molecular complexity index is 1940. The molecule has 10 nitrogen and oxygen atoms in total. The van der Waals surface area contributed by atoms with Crippen LogP contribution in [0.1, 0.15) is 43.9 Å². The maximum Gasteiger partial charge on any atom is 0.337 e. The number of halogens is 2. The number of hydrogen-bond acceptors (Lipinski definition) is 7. The van der Waals surface area contributed by atoms with Gasteiger partial charge in [-0.25, -0.2) is 17.5 Å². The van der Waals surface area contributed by atoms with Crippen molar-refractivity contribution >= 4 is 50.9 Å². The van der Waals surface area contributed by atoms with Gasteiger partial charge in [-0.3, -0.25) is 14.2 Å². The Balaban J connectivity index is 1.61. The number of aromatic nitrogens is 1. The molecule has 232 valence electrons. The number of amides is 1. The number of carbonyl (C=O) groups is 2. The summed E-state index contributed by atoms with van der Waals surface area (Å²) in [5.41, 5.74) is 0.417. The number of esters is 1. The maximum absolute atomic E-state index is 14.6. The third-order valence-corrected chi connectivity index (χ3v) is 10.2. The number of ether oxygens (including phenoxy) is 2. The van der Waals surface area contributed by atoms with E-state index in [1.165, 1.54) is 48.1 Å². The summed E-state index contributed by atoms with van der Waals surface area (Å²) >= 11 is 12.4. The number of nitrogens with zero attached hydrogens (tertiary/aromatic N) is 3. The SMILES string of the molecule is COC(=O)c1cccc(S(=O)(=O)N2c3ccc(C(=O)N4CCOCC4)c(=O)n3[C@@H](c3ccc(Cl)cc3)[C@H]2c2ccc(Cl)cc2)c1. The molecule has 2 aliphatic rings. The Labute approximate surface area is 269 Å². The summed E-state index contributed by atoms with van der Waals surface area (Å²) in [6.07, 6.45) is 0. The van der Waals surface area contributed by atoms with E-state index in [-0.39, 0.29) is 21.8 Å². The molecule has 2 atom stereocenters. The Morgan fingerprint density at radius 2 is 1.44 bits per heavy atom. The second kappa shape index (κ2) is 12.3. The predicted molar refractivity (Wildman–Crippen MR) is 169 cm³/mol. The quantitative estimate of drug-likeness (QED) is 0.267. The van der Waals surface area contributed by atoms with E-state index in [2.05, 4.69) is 0 Å². The topological polar surface area (TPSA) is 115 Å². The number of fused-ring (bicyclic) bond motifs is 1. The fourth-order valence-electron chi connectivity index (χ4n) is 5.76. The Morgan fingerprint density at radius 3 is 2.04 bits per heavy atom. The smallest absolute Gasteiger partial charge is 0.337 e. The van der Waals surface area contributed by atoms with Gasteiger partial charge in [-0.05, 0) is 65.7 Å². The van der Waals surface area contributed by atoms with Gasteiger partial charge in [0.2, 0.25) is 0 Å². The number of anilines is 1. The fraction of sp³-hybridized carbons (Fsp3) is 0.219. The van der Waals surface area contributed by atoms with Crippen LogP contribution in [0.4, 0.5) is 5.82 Å². The number of hydrogen-bond donors (Lipinski definition) is 0. The van der Waals surface area contributed by atoms with Gasteiger partial charge in [-0.2, -0.15) is 0 Å².